The van der Waals surface area contributed by atoms with Gasteiger partial charge in [-0.25, -0.2) is 9.97 Å². The van der Waals surface area contributed by atoms with Gasteiger partial charge < -0.3 is 10.4 Å². The Hall–Kier alpha value is -2.97. The van der Waals surface area contributed by atoms with E-state index in [0.717, 1.165) is 18.0 Å². The van der Waals surface area contributed by atoms with Gasteiger partial charge in [-0.2, -0.15) is 13.2 Å². The number of benzene rings is 1. The van der Waals surface area contributed by atoms with Gasteiger partial charge in [-0.3, -0.25) is 9.59 Å². The second-order valence-electron chi connectivity index (χ2n) is 5.27. The van der Waals surface area contributed by atoms with Crippen LogP contribution in [0.5, 0.6) is 0 Å². The van der Waals surface area contributed by atoms with E-state index in [2.05, 4.69) is 15.3 Å². The van der Waals surface area contributed by atoms with Crippen LogP contribution in [0.25, 0.3) is 0 Å². The van der Waals surface area contributed by atoms with E-state index in [4.69, 9.17) is 5.11 Å². The van der Waals surface area contributed by atoms with E-state index in [1.54, 1.807) is 31.2 Å². The molecule has 0 aliphatic heterocycles. The molecule has 2 rings (SSSR count). The lowest BCUT2D eigenvalue weighted by atomic mass is 9.98. The lowest BCUT2D eigenvalue weighted by Crippen LogP contribution is -2.31. The Labute approximate surface area is 140 Å². The van der Waals surface area contributed by atoms with Crippen LogP contribution in [0.4, 0.5) is 13.2 Å². The van der Waals surface area contributed by atoms with Crippen LogP contribution < -0.4 is 5.32 Å². The Kier molecular flexibility index (Phi) is 5.35. The first kappa shape index (κ1) is 18.4. The van der Waals surface area contributed by atoms with E-state index in [1.165, 1.54) is 0 Å². The zero-order valence-electron chi connectivity index (χ0n) is 13.0. The highest BCUT2D eigenvalue weighted by atomic mass is 19.4. The highest BCUT2D eigenvalue weighted by Crippen LogP contribution is 2.25. The van der Waals surface area contributed by atoms with E-state index in [0.29, 0.717) is 5.56 Å². The van der Waals surface area contributed by atoms with Crippen molar-refractivity contribution in [3.05, 3.63) is 59.2 Å². The number of nitrogens with zero attached hydrogens (tertiary/aromatic N) is 2. The molecule has 0 radical (unpaired) electrons. The Morgan fingerprint density at radius 1 is 1.20 bits per heavy atom. The molecule has 1 amide bonds. The summed E-state index contributed by atoms with van der Waals surface area (Å²) in [5.74, 6) is -3.24. The number of rotatable bonds is 5. The van der Waals surface area contributed by atoms with Gasteiger partial charge in [0.25, 0.3) is 5.91 Å². The maximum absolute atomic E-state index is 12.4. The fraction of sp³-hybridized carbons (Fsp3) is 0.250. The Bertz CT molecular complexity index is 776. The number of amides is 1. The van der Waals surface area contributed by atoms with E-state index >= 15 is 0 Å². The van der Waals surface area contributed by atoms with Crippen molar-refractivity contribution in [2.24, 2.45) is 0 Å². The van der Waals surface area contributed by atoms with E-state index in [1.807, 2.05) is 0 Å². The van der Waals surface area contributed by atoms with Crippen LogP contribution in [0.3, 0.4) is 0 Å². The van der Waals surface area contributed by atoms with Gasteiger partial charge in [0.1, 0.15) is 0 Å². The van der Waals surface area contributed by atoms with Crippen molar-refractivity contribution in [2.75, 3.05) is 0 Å². The minimum atomic E-state index is -4.71. The number of carbonyl (C=O) groups is 2. The number of aliphatic carboxylic acids is 1. The Morgan fingerprint density at radius 3 is 2.32 bits per heavy atom. The molecule has 132 valence electrons. The summed E-state index contributed by atoms with van der Waals surface area (Å²) in [6.45, 7) is 1.76. The van der Waals surface area contributed by atoms with Crippen LogP contribution in [-0.4, -0.2) is 27.0 Å². The number of hydrogen-bond acceptors (Lipinski definition) is 4. The first-order chi connectivity index (χ1) is 11.7. The largest absolute Gasteiger partial charge is 0.481 e. The maximum atomic E-state index is 12.4. The third kappa shape index (κ3) is 4.75. The molecular weight excluding hydrogens is 339 g/mol. The van der Waals surface area contributed by atoms with Crippen molar-refractivity contribution >= 4 is 11.9 Å². The van der Waals surface area contributed by atoms with E-state index in [-0.39, 0.29) is 12.0 Å². The first-order valence-electron chi connectivity index (χ1n) is 7.16. The summed E-state index contributed by atoms with van der Waals surface area (Å²) >= 11 is 0. The second-order valence-corrected chi connectivity index (χ2v) is 5.27. The number of alkyl halides is 3. The predicted molar refractivity (Wildman–Crippen MR) is 80.7 cm³/mol. The zero-order valence-corrected chi connectivity index (χ0v) is 13.0. The number of carboxylic acids is 1. The maximum Gasteiger partial charge on any atom is 0.451 e. The molecular formula is C16H14F3N3O3. The van der Waals surface area contributed by atoms with E-state index in [9.17, 15) is 22.8 Å². The zero-order chi connectivity index (χ0) is 18.6. The third-order valence-corrected chi connectivity index (χ3v) is 3.42. The van der Waals surface area contributed by atoms with Crippen molar-refractivity contribution in [1.29, 1.82) is 0 Å². The third-order valence-electron chi connectivity index (χ3n) is 3.42. The van der Waals surface area contributed by atoms with Gasteiger partial charge in [-0.15, -0.1) is 0 Å². The quantitative estimate of drug-likeness (QED) is 0.862. The molecule has 0 spiro atoms. The summed E-state index contributed by atoms with van der Waals surface area (Å²) in [7, 11) is 0. The average Bonchev–Trinajstić information content (AvgIpc) is 2.53. The molecule has 2 N–H and O–H groups in total. The first-order valence-corrected chi connectivity index (χ1v) is 7.16. The predicted octanol–water partition coefficient (Wildman–Crippen LogP) is 2.75. The van der Waals surface area contributed by atoms with Crippen molar-refractivity contribution in [3.63, 3.8) is 0 Å². The van der Waals surface area contributed by atoms with Gasteiger partial charge in [0, 0.05) is 12.4 Å². The lowest BCUT2D eigenvalue weighted by Gasteiger charge is -2.19. The number of halogens is 3. The van der Waals surface area contributed by atoms with Crippen LogP contribution in [0.15, 0.2) is 36.7 Å². The summed E-state index contributed by atoms with van der Waals surface area (Å²) in [6, 6.07) is 6.06. The summed E-state index contributed by atoms with van der Waals surface area (Å²) < 4.78 is 37.3. The smallest absolute Gasteiger partial charge is 0.451 e. The van der Waals surface area contributed by atoms with Crippen LogP contribution in [-0.2, 0) is 11.0 Å². The van der Waals surface area contributed by atoms with E-state index < -0.39 is 29.9 Å². The molecule has 1 unspecified atom stereocenters. The molecule has 1 heterocycles. The molecule has 0 aliphatic rings. The standard InChI is InChI=1S/C16H14F3N3O3/c1-9-4-2-3-5-11(9)12(6-13(23)24)22-14(25)10-7-20-15(21-8-10)16(17,18)19/h2-5,7-8,12H,6H2,1H3,(H,22,25)(H,23,24). The highest BCUT2D eigenvalue weighted by molar-refractivity contribution is 5.94. The molecule has 0 aliphatic carbocycles. The minimum absolute atomic E-state index is 0.197. The molecule has 25 heavy (non-hydrogen) atoms. The molecule has 0 saturated heterocycles. The van der Waals surface area contributed by atoms with Crippen LogP contribution >= 0.6 is 0 Å². The van der Waals surface area contributed by atoms with Crippen molar-refractivity contribution < 1.29 is 27.9 Å². The average molecular weight is 353 g/mol. The normalized spacial score (nSPS) is 12.5. The molecule has 0 saturated carbocycles. The summed E-state index contributed by atoms with van der Waals surface area (Å²) in [5, 5.41) is 11.5. The summed E-state index contributed by atoms with van der Waals surface area (Å²) in [4.78, 5) is 29.5. The molecule has 1 atom stereocenters. The van der Waals surface area contributed by atoms with Gasteiger partial charge in [0.05, 0.1) is 18.0 Å². The number of nitrogens with one attached hydrogen (secondary N) is 1. The fourth-order valence-corrected chi connectivity index (χ4v) is 2.22. The van der Waals surface area contributed by atoms with Gasteiger partial charge in [-0.05, 0) is 18.1 Å². The number of aryl methyl sites for hydroxylation is 1. The van der Waals surface area contributed by atoms with Crippen molar-refractivity contribution in [3.8, 4) is 0 Å². The summed E-state index contributed by atoms with van der Waals surface area (Å²) in [6.07, 6.45) is -3.58. The van der Waals surface area contributed by atoms with Gasteiger partial charge >= 0.3 is 12.1 Å². The van der Waals surface area contributed by atoms with Crippen LogP contribution in [0, 0.1) is 6.92 Å². The highest BCUT2D eigenvalue weighted by Gasteiger charge is 2.34. The molecule has 6 nitrogen and oxygen atoms in total. The molecule has 2 aromatic rings. The van der Waals surface area contributed by atoms with Crippen molar-refractivity contribution in [1.82, 2.24) is 15.3 Å². The number of carbonyl (C=O) groups excluding carboxylic acids is 1. The van der Waals surface area contributed by atoms with Crippen LogP contribution in [0.1, 0.15) is 39.8 Å². The van der Waals surface area contributed by atoms with Crippen LogP contribution in [0.2, 0.25) is 0 Å². The van der Waals surface area contributed by atoms with Gasteiger partial charge in [0.2, 0.25) is 5.82 Å². The number of carboxylic acid groups (broad SMARTS) is 1. The molecule has 0 bridgehead atoms. The molecule has 9 heteroatoms. The molecule has 1 aromatic heterocycles. The Morgan fingerprint density at radius 2 is 1.80 bits per heavy atom. The lowest BCUT2D eigenvalue weighted by molar-refractivity contribution is -0.145. The molecule has 1 aromatic carbocycles. The fourth-order valence-electron chi connectivity index (χ4n) is 2.22. The Balaban J connectivity index is 2.22. The SMILES string of the molecule is Cc1ccccc1C(CC(=O)O)NC(=O)c1cnc(C(F)(F)F)nc1. The monoisotopic (exact) mass is 353 g/mol. The minimum Gasteiger partial charge on any atom is -0.481 e. The van der Waals surface area contributed by atoms with Gasteiger partial charge in [-0.1, -0.05) is 24.3 Å². The number of aromatic nitrogens is 2. The van der Waals surface area contributed by atoms with Crippen molar-refractivity contribution in [2.45, 2.75) is 25.6 Å². The van der Waals surface area contributed by atoms with Gasteiger partial charge in [0.15, 0.2) is 0 Å². The molecule has 0 fully saturated rings. The number of hydrogen-bond donors (Lipinski definition) is 2. The summed E-state index contributed by atoms with van der Waals surface area (Å²) in [5.41, 5.74) is 1.18. The topological polar surface area (TPSA) is 92.2 Å². The second kappa shape index (κ2) is 7.29.